The van der Waals surface area contributed by atoms with Gasteiger partial charge in [0.15, 0.2) is 0 Å². The molecule has 1 aromatic carbocycles. The first-order valence-electron chi connectivity index (χ1n) is 6.97. The topological polar surface area (TPSA) is 49.2 Å². The van der Waals surface area contributed by atoms with Crippen molar-refractivity contribution in [3.63, 3.8) is 0 Å². The van der Waals surface area contributed by atoms with Gasteiger partial charge in [-0.05, 0) is 30.7 Å². The van der Waals surface area contributed by atoms with Crippen LogP contribution in [0.1, 0.15) is 18.3 Å². The summed E-state index contributed by atoms with van der Waals surface area (Å²) in [6.07, 6.45) is 2.54. The van der Waals surface area contributed by atoms with E-state index < -0.39 is 0 Å². The summed E-state index contributed by atoms with van der Waals surface area (Å²) in [4.78, 5) is 0. The average Bonchev–Trinajstić information content (AvgIpc) is 2.79. The molecule has 0 aliphatic carbocycles. The molecule has 0 N–H and O–H groups in total. The fourth-order valence-corrected chi connectivity index (χ4v) is 3.08. The standard InChI is InChI=1S/C15H18BrN3O2/c1-3-21-13-5-11(4-12(16)6-13)15(8-20-9-15)7-14-18-17-10-19(14)2/h4-6,10H,3,7-9H2,1-2H3. The summed E-state index contributed by atoms with van der Waals surface area (Å²) >= 11 is 3.57. The molecule has 2 heterocycles. The Balaban J connectivity index is 1.94. The van der Waals surface area contributed by atoms with E-state index in [1.165, 1.54) is 5.56 Å². The van der Waals surface area contributed by atoms with Crippen LogP contribution in [0.25, 0.3) is 0 Å². The summed E-state index contributed by atoms with van der Waals surface area (Å²) in [6.45, 7) is 4.04. The third kappa shape index (κ3) is 2.82. The van der Waals surface area contributed by atoms with E-state index in [1.807, 2.05) is 24.6 Å². The van der Waals surface area contributed by atoms with Crippen LogP contribution in [0.15, 0.2) is 29.0 Å². The molecule has 0 spiro atoms. The summed E-state index contributed by atoms with van der Waals surface area (Å²) in [6, 6.07) is 6.23. The number of benzene rings is 1. The van der Waals surface area contributed by atoms with Crippen LogP contribution in [0, 0.1) is 0 Å². The summed E-state index contributed by atoms with van der Waals surface area (Å²) in [5, 5.41) is 8.16. The molecular weight excluding hydrogens is 334 g/mol. The Morgan fingerprint density at radius 3 is 2.76 bits per heavy atom. The minimum absolute atomic E-state index is 0.0452. The first kappa shape index (κ1) is 14.5. The molecule has 1 fully saturated rings. The van der Waals surface area contributed by atoms with Crippen LogP contribution < -0.4 is 4.74 Å². The number of nitrogens with zero attached hydrogens (tertiary/aromatic N) is 3. The highest BCUT2D eigenvalue weighted by molar-refractivity contribution is 9.10. The number of ether oxygens (including phenoxy) is 2. The quantitative estimate of drug-likeness (QED) is 0.830. The molecule has 1 aliphatic rings. The van der Waals surface area contributed by atoms with Crippen LogP contribution in [0.3, 0.4) is 0 Å². The second kappa shape index (κ2) is 5.77. The van der Waals surface area contributed by atoms with Crippen molar-refractivity contribution >= 4 is 15.9 Å². The first-order valence-corrected chi connectivity index (χ1v) is 7.77. The van der Waals surface area contributed by atoms with Gasteiger partial charge in [-0.3, -0.25) is 0 Å². The molecule has 21 heavy (non-hydrogen) atoms. The van der Waals surface area contributed by atoms with E-state index >= 15 is 0 Å². The highest BCUT2D eigenvalue weighted by Crippen LogP contribution is 2.38. The van der Waals surface area contributed by atoms with Gasteiger partial charge >= 0.3 is 0 Å². The van der Waals surface area contributed by atoms with Crippen LogP contribution >= 0.6 is 15.9 Å². The van der Waals surface area contributed by atoms with Gasteiger partial charge in [0, 0.05) is 23.4 Å². The van der Waals surface area contributed by atoms with Crippen molar-refractivity contribution in [2.24, 2.45) is 7.05 Å². The molecule has 6 heteroatoms. The smallest absolute Gasteiger partial charge is 0.133 e. The number of aryl methyl sites for hydroxylation is 1. The zero-order chi connectivity index (χ0) is 14.9. The van der Waals surface area contributed by atoms with Gasteiger partial charge in [0.05, 0.1) is 19.8 Å². The monoisotopic (exact) mass is 351 g/mol. The Labute approximate surface area is 132 Å². The lowest BCUT2D eigenvalue weighted by Gasteiger charge is -2.42. The van der Waals surface area contributed by atoms with Crippen LogP contribution in [0.5, 0.6) is 5.75 Å². The van der Waals surface area contributed by atoms with E-state index in [0.29, 0.717) is 19.8 Å². The SMILES string of the molecule is CCOc1cc(Br)cc(C2(Cc3nncn3C)COC2)c1. The van der Waals surface area contributed by atoms with Crippen LogP contribution in [-0.2, 0) is 23.6 Å². The molecule has 1 aliphatic heterocycles. The van der Waals surface area contributed by atoms with E-state index in [-0.39, 0.29) is 5.41 Å². The highest BCUT2D eigenvalue weighted by Gasteiger charge is 2.42. The largest absolute Gasteiger partial charge is 0.494 e. The number of halogens is 1. The lowest BCUT2D eigenvalue weighted by molar-refractivity contribution is -0.0612. The van der Waals surface area contributed by atoms with Crippen molar-refractivity contribution in [3.05, 3.63) is 40.4 Å². The fourth-order valence-electron chi connectivity index (χ4n) is 2.61. The predicted molar refractivity (Wildman–Crippen MR) is 82.5 cm³/mol. The fraction of sp³-hybridized carbons (Fsp3) is 0.467. The van der Waals surface area contributed by atoms with Gasteiger partial charge in [-0.25, -0.2) is 0 Å². The minimum Gasteiger partial charge on any atom is -0.494 e. The Kier molecular flexibility index (Phi) is 3.99. The molecule has 2 aromatic rings. The van der Waals surface area contributed by atoms with Crippen molar-refractivity contribution in [2.45, 2.75) is 18.8 Å². The summed E-state index contributed by atoms with van der Waals surface area (Å²) in [5.41, 5.74) is 1.17. The molecule has 0 bridgehead atoms. The molecule has 1 aromatic heterocycles. The average molecular weight is 352 g/mol. The normalized spacial score (nSPS) is 16.5. The number of hydrogen-bond donors (Lipinski definition) is 0. The zero-order valence-corrected chi connectivity index (χ0v) is 13.8. The van der Waals surface area contributed by atoms with Gasteiger partial charge in [-0.15, -0.1) is 10.2 Å². The molecule has 0 radical (unpaired) electrons. The van der Waals surface area contributed by atoms with E-state index in [0.717, 1.165) is 22.5 Å². The van der Waals surface area contributed by atoms with E-state index in [4.69, 9.17) is 9.47 Å². The Hall–Kier alpha value is -1.40. The van der Waals surface area contributed by atoms with E-state index in [9.17, 15) is 0 Å². The molecule has 0 saturated carbocycles. The van der Waals surface area contributed by atoms with Gasteiger partial charge in [0.1, 0.15) is 17.9 Å². The lowest BCUT2D eigenvalue weighted by atomic mass is 9.75. The minimum atomic E-state index is -0.0452. The van der Waals surface area contributed by atoms with Crippen molar-refractivity contribution in [1.82, 2.24) is 14.8 Å². The predicted octanol–water partition coefficient (Wildman–Crippen LogP) is 2.49. The summed E-state index contributed by atoms with van der Waals surface area (Å²) in [7, 11) is 1.97. The maximum Gasteiger partial charge on any atom is 0.133 e. The maximum absolute atomic E-state index is 5.65. The molecule has 5 nitrogen and oxygen atoms in total. The van der Waals surface area contributed by atoms with Crippen LogP contribution in [0.2, 0.25) is 0 Å². The van der Waals surface area contributed by atoms with Crippen molar-refractivity contribution < 1.29 is 9.47 Å². The number of aromatic nitrogens is 3. The molecule has 0 unspecified atom stereocenters. The molecule has 0 atom stereocenters. The molecule has 3 rings (SSSR count). The van der Waals surface area contributed by atoms with E-state index in [2.05, 4.69) is 38.3 Å². The van der Waals surface area contributed by atoms with Crippen LogP contribution in [-0.4, -0.2) is 34.6 Å². The van der Waals surface area contributed by atoms with E-state index in [1.54, 1.807) is 6.33 Å². The highest BCUT2D eigenvalue weighted by atomic mass is 79.9. The molecular formula is C15H18BrN3O2. The zero-order valence-electron chi connectivity index (χ0n) is 12.2. The summed E-state index contributed by atoms with van der Waals surface area (Å²) in [5.74, 6) is 1.85. The Morgan fingerprint density at radius 2 is 2.19 bits per heavy atom. The van der Waals surface area contributed by atoms with Crippen molar-refractivity contribution in [3.8, 4) is 5.75 Å². The Morgan fingerprint density at radius 1 is 1.38 bits per heavy atom. The van der Waals surface area contributed by atoms with Gasteiger partial charge in [0.25, 0.3) is 0 Å². The summed E-state index contributed by atoms with van der Waals surface area (Å²) < 4.78 is 14.1. The lowest BCUT2D eigenvalue weighted by Crippen LogP contribution is -2.49. The number of rotatable bonds is 5. The van der Waals surface area contributed by atoms with Crippen molar-refractivity contribution in [2.75, 3.05) is 19.8 Å². The molecule has 1 saturated heterocycles. The first-order chi connectivity index (χ1) is 10.1. The third-order valence-electron chi connectivity index (χ3n) is 3.85. The molecule has 0 amide bonds. The van der Waals surface area contributed by atoms with Crippen molar-refractivity contribution in [1.29, 1.82) is 0 Å². The maximum atomic E-state index is 5.65. The van der Waals surface area contributed by atoms with Gasteiger partial charge in [-0.2, -0.15) is 0 Å². The van der Waals surface area contributed by atoms with Crippen LogP contribution in [0.4, 0.5) is 0 Å². The van der Waals surface area contributed by atoms with Gasteiger partial charge < -0.3 is 14.0 Å². The number of hydrogen-bond acceptors (Lipinski definition) is 4. The second-order valence-corrected chi connectivity index (χ2v) is 6.33. The molecule has 112 valence electrons. The third-order valence-corrected chi connectivity index (χ3v) is 4.31. The van der Waals surface area contributed by atoms with Gasteiger partial charge in [0.2, 0.25) is 0 Å². The Bertz CT molecular complexity index is 638. The van der Waals surface area contributed by atoms with Gasteiger partial charge in [-0.1, -0.05) is 15.9 Å². The second-order valence-electron chi connectivity index (χ2n) is 5.42.